The SMILES string of the molecule is COC(=O)C(Nc1nc(C(=O)O)c(C(C)=O)s1)C(C)C. The summed E-state index contributed by atoms with van der Waals surface area (Å²) in [6, 6.07) is -0.660. The maximum absolute atomic E-state index is 11.6. The lowest BCUT2D eigenvalue weighted by atomic mass is 10.1. The molecule has 0 saturated heterocycles. The van der Waals surface area contributed by atoms with E-state index in [-0.39, 0.29) is 27.4 Å². The molecule has 0 aliphatic carbocycles. The third-order valence-electron chi connectivity index (χ3n) is 2.55. The van der Waals surface area contributed by atoms with Crippen molar-refractivity contribution >= 4 is 34.2 Å². The quantitative estimate of drug-likeness (QED) is 0.607. The Morgan fingerprint density at radius 1 is 1.35 bits per heavy atom. The van der Waals surface area contributed by atoms with E-state index in [1.54, 1.807) is 0 Å². The van der Waals surface area contributed by atoms with Gasteiger partial charge in [-0.2, -0.15) is 0 Å². The molecule has 1 aromatic rings. The number of anilines is 1. The van der Waals surface area contributed by atoms with Gasteiger partial charge in [0.1, 0.15) is 10.9 Å². The Kier molecular flexibility index (Phi) is 5.20. The van der Waals surface area contributed by atoms with Crippen LogP contribution in [0.1, 0.15) is 40.9 Å². The highest BCUT2D eigenvalue weighted by Crippen LogP contribution is 2.25. The molecule has 2 N–H and O–H groups in total. The molecule has 0 saturated carbocycles. The van der Waals surface area contributed by atoms with E-state index in [4.69, 9.17) is 5.11 Å². The average molecular weight is 300 g/mol. The number of rotatable bonds is 6. The molecule has 0 amide bonds. The van der Waals surface area contributed by atoms with Crippen LogP contribution in [0, 0.1) is 5.92 Å². The van der Waals surface area contributed by atoms with Crippen molar-refractivity contribution in [1.82, 2.24) is 4.98 Å². The first kappa shape index (κ1) is 16.1. The number of esters is 1. The fourth-order valence-corrected chi connectivity index (χ4v) is 2.41. The second-order valence-electron chi connectivity index (χ2n) is 4.45. The van der Waals surface area contributed by atoms with Crippen molar-refractivity contribution in [3.8, 4) is 0 Å². The van der Waals surface area contributed by atoms with Gasteiger partial charge in [-0.25, -0.2) is 14.6 Å². The Labute approximate surface area is 120 Å². The Bertz CT molecular complexity index is 506. The summed E-state index contributed by atoms with van der Waals surface area (Å²) in [4.78, 5) is 37.9. The maximum atomic E-state index is 11.6. The number of aromatic carboxylic acids is 1. The zero-order valence-corrected chi connectivity index (χ0v) is 12.4. The number of Topliss-reactive ketones (excluding diaryl/α,β-unsaturated/α-hetero) is 1. The first-order chi connectivity index (χ1) is 9.27. The molecule has 0 aliphatic heterocycles. The minimum absolute atomic E-state index is 0.0485. The number of aromatic nitrogens is 1. The summed E-state index contributed by atoms with van der Waals surface area (Å²) in [5.41, 5.74) is -0.308. The normalized spacial score (nSPS) is 12.1. The number of hydrogen-bond acceptors (Lipinski definition) is 7. The van der Waals surface area contributed by atoms with Gasteiger partial charge in [-0.1, -0.05) is 25.2 Å². The van der Waals surface area contributed by atoms with E-state index in [9.17, 15) is 14.4 Å². The third-order valence-corrected chi connectivity index (χ3v) is 3.64. The minimum Gasteiger partial charge on any atom is -0.476 e. The maximum Gasteiger partial charge on any atom is 0.356 e. The zero-order valence-electron chi connectivity index (χ0n) is 11.6. The highest BCUT2D eigenvalue weighted by atomic mass is 32.1. The Morgan fingerprint density at radius 3 is 2.30 bits per heavy atom. The number of nitrogens with zero attached hydrogens (tertiary/aromatic N) is 1. The number of methoxy groups -OCH3 is 1. The third kappa shape index (κ3) is 3.53. The van der Waals surface area contributed by atoms with Crippen molar-refractivity contribution in [3.05, 3.63) is 10.6 Å². The van der Waals surface area contributed by atoms with Gasteiger partial charge in [0.05, 0.1) is 7.11 Å². The molecular formula is C12H16N2O5S. The van der Waals surface area contributed by atoms with Crippen molar-refractivity contribution in [2.75, 3.05) is 12.4 Å². The molecule has 1 atom stereocenters. The second kappa shape index (κ2) is 6.47. The summed E-state index contributed by atoms with van der Waals surface area (Å²) in [5.74, 6) is -2.22. The zero-order chi connectivity index (χ0) is 15.4. The van der Waals surface area contributed by atoms with Crippen molar-refractivity contribution < 1.29 is 24.2 Å². The van der Waals surface area contributed by atoms with Crippen molar-refractivity contribution in [1.29, 1.82) is 0 Å². The summed E-state index contributed by atoms with van der Waals surface area (Å²) >= 11 is 0.909. The summed E-state index contributed by atoms with van der Waals surface area (Å²) in [6.45, 7) is 4.89. The number of carboxylic acid groups (broad SMARTS) is 1. The predicted molar refractivity (Wildman–Crippen MR) is 73.3 cm³/mol. The van der Waals surface area contributed by atoms with E-state index in [1.165, 1.54) is 14.0 Å². The summed E-state index contributed by atoms with van der Waals surface area (Å²) in [5, 5.41) is 12.0. The highest BCUT2D eigenvalue weighted by Gasteiger charge is 2.26. The molecule has 0 aliphatic rings. The number of nitrogens with one attached hydrogen (secondary N) is 1. The van der Waals surface area contributed by atoms with E-state index in [0.29, 0.717) is 0 Å². The Balaban J connectivity index is 3.08. The van der Waals surface area contributed by atoms with E-state index >= 15 is 0 Å². The predicted octanol–water partition coefficient (Wildman–Crippen LogP) is 1.65. The molecule has 0 aromatic carbocycles. The minimum atomic E-state index is -1.28. The molecule has 8 heteroatoms. The molecule has 0 spiro atoms. The number of carboxylic acids is 1. The largest absolute Gasteiger partial charge is 0.476 e. The number of thiazole rings is 1. The van der Waals surface area contributed by atoms with Crippen LogP contribution in [-0.4, -0.2) is 41.0 Å². The number of hydrogen-bond donors (Lipinski definition) is 2. The van der Waals surface area contributed by atoms with E-state index < -0.39 is 18.0 Å². The number of carbonyl (C=O) groups is 3. The van der Waals surface area contributed by atoms with Crippen LogP contribution in [0.5, 0.6) is 0 Å². The molecule has 0 fully saturated rings. The van der Waals surface area contributed by atoms with Gasteiger partial charge >= 0.3 is 11.9 Å². The molecule has 1 heterocycles. The number of ether oxygens (including phenoxy) is 1. The number of carbonyl (C=O) groups excluding carboxylic acids is 2. The summed E-state index contributed by atoms with van der Waals surface area (Å²) < 4.78 is 4.67. The van der Waals surface area contributed by atoms with Crippen LogP contribution in [0.2, 0.25) is 0 Å². The van der Waals surface area contributed by atoms with Gasteiger partial charge in [-0.15, -0.1) is 0 Å². The molecule has 0 bridgehead atoms. The molecule has 0 radical (unpaired) electrons. The highest BCUT2D eigenvalue weighted by molar-refractivity contribution is 7.17. The van der Waals surface area contributed by atoms with Crippen LogP contribution in [0.15, 0.2) is 0 Å². The lowest BCUT2D eigenvalue weighted by Gasteiger charge is -2.18. The molecule has 7 nitrogen and oxygen atoms in total. The van der Waals surface area contributed by atoms with Crippen molar-refractivity contribution in [3.63, 3.8) is 0 Å². The lowest BCUT2D eigenvalue weighted by Crippen LogP contribution is -2.35. The summed E-state index contributed by atoms with van der Waals surface area (Å²) in [6.07, 6.45) is 0. The van der Waals surface area contributed by atoms with Crippen molar-refractivity contribution in [2.45, 2.75) is 26.8 Å². The van der Waals surface area contributed by atoms with Gasteiger partial charge in [0.2, 0.25) is 0 Å². The van der Waals surface area contributed by atoms with Crippen LogP contribution in [-0.2, 0) is 9.53 Å². The first-order valence-corrected chi connectivity index (χ1v) is 6.69. The Morgan fingerprint density at radius 2 is 1.95 bits per heavy atom. The topological polar surface area (TPSA) is 106 Å². The fourth-order valence-electron chi connectivity index (χ4n) is 1.52. The fraction of sp³-hybridized carbons (Fsp3) is 0.500. The molecular weight excluding hydrogens is 284 g/mol. The van der Waals surface area contributed by atoms with Gasteiger partial charge < -0.3 is 15.2 Å². The molecule has 1 aromatic heterocycles. The van der Waals surface area contributed by atoms with Crippen LogP contribution >= 0.6 is 11.3 Å². The summed E-state index contributed by atoms with van der Waals surface area (Å²) in [7, 11) is 1.27. The van der Waals surface area contributed by atoms with Crippen LogP contribution in [0.4, 0.5) is 5.13 Å². The lowest BCUT2D eigenvalue weighted by molar-refractivity contribution is -0.142. The molecule has 20 heavy (non-hydrogen) atoms. The van der Waals surface area contributed by atoms with Crippen LogP contribution in [0.25, 0.3) is 0 Å². The van der Waals surface area contributed by atoms with Crippen LogP contribution in [0.3, 0.4) is 0 Å². The van der Waals surface area contributed by atoms with Gasteiger partial charge in [-0.3, -0.25) is 4.79 Å². The van der Waals surface area contributed by atoms with Gasteiger partial charge in [-0.05, 0) is 5.92 Å². The van der Waals surface area contributed by atoms with Gasteiger partial charge in [0, 0.05) is 6.92 Å². The van der Waals surface area contributed by atoms with E-state index in [2.05, 4.69) is 15.0 Å². The monoisotopic (exact) mass is 300 g/mol. The van der Waals surface area contributed by atoms with Gasteiger partial charge in [0.15, 0.2) is 16.6 Å². The van der Waals surface area contributed by atoms with E-state index in [1.807, 2.05) is 13.8 Å². The van der Waals surface area contributed by atoms with Crippen LogP contribution < -0.4 is 5.32 Å². The molecule has 1 rings (SSSR count). The molecule has 110 valence electrons. The first-order valence-electron chi connectivity index (χ1n) is 5.87. The van der Waals surface area contributed by atoms with E-state index in [0.717, 1.165) is 11.3 Å². The molecule has 1 unspecified atom stereocenters. The Hall–Kier alpha value is -1.96. The second-order valence-corrected chi connectivity index (χ2v) is 5.45. The smallest absolute Gasteiger partial charge is 0.356 e. The number of ketones is 1. The average Bonchev–Trinajstić information content (AvgIpc) is 2.79. The standard InChI is InChI=1S/C12H16N2O5S/c1-5(2)7(11(18)19-4)13-12-14-8(10(16)17)9(20-12)6(3)15/h5,7H,1-4H3,(H,13,14)(H,16,17). The van der Waals surface area contributed by atoms with Crippen molar-refractivity contribution in [2.24, 2.45) is 5.92 Å². The van der Waals surface area contributed by atoms with Gasteiger partial charge in [0.25, 0.3) is 0 Å².